The third-order valence-corrected chi connectivity index (χ3v) is 3.61. The summed E-state index contributed by atoms with van der Waals surface area (Å²) < 4.78 is 29.4. The minimum atomic E-state index is -3.16. The Hall–Kier alpha value is 0.350. The second-order valence-electron chi connectivity index (χ2n) is 2.48. The highest BCUT2D eigenvalue weighted by Gasteiger charge is 2.12. The molecule has 1 atom stereocenters. The quantitative estimate of drug-likeness (QED) is 0.700. The van der Waals surface area contributed by atoms with Crippen LogP contribution in [0, 0.1) is 0 Å². The molecule has 0 bridgehead atoms. The van der Waals surface area contributed by atoms with Crippen LogP contribution in [-0.4, -0.2) is 39.3 Å². The molecule has 1 unspecified atom stereocenters. The van der Waals surface area contributed by atoms with Gasteiger partial charge in [0.2, 0.25) is 10.0 Å². The van der Waals surface area contributed by atoms with Crippen LogP contribution in [0.3, 0.4) is 0 Å². The summed E-state index contributed by atoms with van der Waals surface area (Å²) in [5.74, 6) is 0.0147. The highest BCUT2D eigenvalue weighted by molar-refractivity contribution is 9.09. The molecular formula is C6H14BrNO3S. The molecule has 0 spiro atoms. The number of methoxy groups -OCH3 is 1. The van der Waals surface area contributed by atoms with E-state index in [1.54, 1.807) is 6.92 Å². The molecule has 0 aliphatic heterocycles. The third-order valence-electron chi connectivity index (χ3n) is 1.17. The van der Waals surface area contributed by atoms with E-state index in [1.807, 2.05) is 0 Å². The summed E-state index contributed by atoms with van der Waals surface area (Å²) in [5, 5.41) is 0.610. The van der Waals surface area contributed by atoms with Crippen LogP contribution in [0.5, 0.6) is 0 Å². The Morgan fingerprint density at radius 3 is 2.58 bits per heavy atom. The SMILES string of the molecule is COCCS(=O)(=O)NC(C)CBr. The number of hydrogen-bond donors (Lipinski definition) is 1. The standard InChI is InChI=1S/C6H14BrNO3S/c1-6(5-7)8-12(9,10)4-3-11-2/h6,8H,3-5H2,1-2H3. The molecular weight excluding hydrogens is 246 g/mol. The highest BCUT2D eigenvalue weighted by atomic mass is 79.9. The van der Waals surface area contributed by atoms with Crippen LogP contribution in [0.2, 0.25) is 0 Å². The Morgan fingerprint density at radius 1 is 1.58 bits per heavy atom. The van der Waals surface area contributed by atoms with Gasteiger partial charge in [0.15, 0.2) is 0 Å². The van der Waals surface area contributed by atoms with Gasteiger partial charge in [-0.15, -0.1) is 0 Å². The van der Waals surface area contributed by atoms with Crippen LogP contribution in [0.1, 0.15) is 6.92 Å². The zero-order chi connectivity index (χ0) is 9.61. The number of rotatable bonds is 6. The first-order valence-electron chi connectivity index (χ1n) is 3.56. The molecule has 0 saturated carbocycles. The molecule has 4 nitrogen and oxygen atoms in total. The van der Waals surface area contributed by atoms with Crippen molar-refractivity contribution in [2.75, 3.05) is 24.8 Å². The van der Waals surface area contributed by atoms with E-state index in [0.29, 0.717) is 5.33 Å². The largest absolute Gasteiger partial charge is 0.384 e. The van der Waals surface area contributed by atoms with Gasteiger partial charge in [0, 0.05) is 18.5 Å². The van der Waals surface area contributed by atoms with Crippen molar-refractivity contribution in [2.24, 2.45) is 0 Å². The molecule has 74 valence electrons. The van der Waals surface area contributed by atoms with Crippen molar-refractivity contribution in [1.82, 2.24) is 4.72 Å². The lowest BCUT2D eigenvalue weighted by atomic mass is 10.4. The second kappa shape index (κ2) is 5.90. The zero-order valence-corrected chi connectivity index (χ0v) is 9.61. The Labute approximate surface area is 81.9 Å². The number of alkyl halides is 1. The molecule has 0 amide bonds. The van der Waals surface area contributed by atoms with Crippen molar-refractivity contribution in [2.45, 2.75) is 13.0 Å². The minimum Gasteiger partial charge on any atom is -0.384 e. The maximum absolute atomic E-state index is 11.1. The van der Waals surface area contributed by atoms with Gasteiger partial charge in [-0.3, -0.25) is 0 Å². The predicted molar refractivity (Wildman–Crippen MR) is 52.1 cm³/mol. The molecule has 0 rings (SSSR count). The lowest BCUT2D eigenvalue weighted by Gasteiger charge is -2.10. The lowest BCUT2D eigenvalue weighted by molar-refractivity contribution is 0.217. The number of nitrogens with one attached hydrogen (secondary N) is 1. The fourth-order valence-electron chi connectivity index (χ4n) is 0.590. The Morgan fingerprint density at radius 2 is 2.17 bits per heavy atom. The second-order valence-corrected chi connectivity index (χ2v) is 5.01. The fourth-order valence-corrected chi connectivity index (χ4v) is 2.17. The van der Waals surface area contributed by atoms with Gasteiger partial charge in [-0.2, -0.15) is 0 Å². The first-order chi connectivity index (χ1) is 5.52. The molecule has 0 radical (unpaired) electrons. The summed E-state index contributed by atoms with van der Waals surface area (Å²) in [4.78, 5) is 0. The van der Waals surface area contributed by atoms with Crippen molar-refractivity contribution in [3.05, 3.63) is 0 Å². The van der Waals surface area contributed by atoms with Crippen molar-refractivity contribution >= 4 is 26.0 Å². The van der Waals surface area contributed by atoms with E-state index in [-0.39, 0.29) is 18.4 Å². The maximum atomic E-state index is 11.1. The number of ether oxygens (including phenoxy) is 1. The van der Waals surface area contributed by atoms with Crippen molar-refractivity contribution in [3.63, 3.8) is 0 Å². The minimum absolute atomic E-state index is 0.0147. The van der Waals surface area contributed by atoms with Gasteiger partial charge in [-0.25, -0.2) is 13.1 Å². The van der Waals surface area contributed by atoms with Gasteiger partial charge >= 0.3 is 0 Å². The zero-order valence-electron chi connectivity index (χ0n) is 7.21. The van der Waals surface area contributed by atoms with Crippen LogP contribution in [0.4, 0.5) is 0 Å². The van der Waals surface area contributed by atoms with E-state index in [1.165, 1.54) is 7.11 Å². The first kappa shape index (κ1) is 12.3. The Kier molecular flexibility index (Phi) is 6.08. The van der Waals surface area contributed by atoms with Crippen LogP contribution < -0.4 is 4.72 Å². The monoisotopic (exact) mass is 259 g/mol. The molecule has 0 heterocycles. The number of halogens is 1. The summed E-state index contributed by atoms with van der Waals surface area (Å²) in [6, 6.07) is -0.0770. The van der Waals surface area contributed by atoms with Crippen molar-refractivity contribution in [1.29, 1.82) is 0 Å². The molecule has 6 heteroatoms. The molecule has 0 aliphatic rings. The normalized spacial score (nSPS) is 14.6. The molecule has 1 N–H and O–H groups in total. The molecule has 0 aromatic rings. The third kappa shape index (κ3) is 5.93. The van der Waals surface area contributed by atoms with Gasteiger partial charge in [0.1, 0.15) is 0 Å². The van der Waals surface area contributed by atoms with Crippen LogP contribution >= 0.6 is 15.9 Å². The van der Waals surface area contributed by atoms with Crippen LogP contribution in [0.25, 0.3) is 0 Å². The van der Waals surface area contributed by atoms with Crippen LogP contribution in [0.15, 0.2) is 0 Å². The molecule has 0 aromatic heterocycles. The van der Waals surface area contributed by atoms with E-state index in [0.717, 1.165) is 0 Å². The van der Waals surface area contributed by atoms with E-state index in [2.05, 4.69) is 25.4 Å². The van der Waals surface area contributed by atoms with Gasteiger partial charge in [-0.05, 0) is 6.92 Å². The molecule has 12 heavy (non-hydrogen) atoms. The van der Waals surface area contributed by atoms with E-state index in [4.69, 9.17) is 0 Å². The maximum Gasteiger partial charge on any atom is 0.214 e. The molecule has 0 fully saturated rings. The number of sulfonamides is 1. The van der Waals surface area contributed by atoms with Crippen molar-refractivity contribution < 1.29 is 13.2 Å². The Balaban J connectivity index is 3.88. The number of hydrogen-bond acceptors (Lipinski definition) is 3. The summed E-state index contributed by atoms with van der Waals surface area (Å²) in [5.41, 5.74) is 0. The fraction of sp³-hybridized carbons (Fsp3) is 1.00. The summed E-state index contributed by atoms with van der Waals surface area (Å²) in [7, 11) is -1.68. The smallest absolute Gasteiger partial charge is 0.214 e. The molecule has 0 aliphatic carbocycles. The van der Waals surface area contributed by atoms with E-state index in [9.17, 15) is 8.42 Å². The summed E-state index contributed by atoms with van der Waals surface area (Å²) in [6.07, 6.45) is 0. The molecule has 0 saturated heterocycles. The lowest BCUT2D eigenvalue weighted by Crippen LogP contribution is -2.36. The summed E-state index contributed by atoms with van der Waals surface area (Å²) in [6.45, 7) is 2.02. The average Bonchev–Trinajstić information content (AvgIpc) is 2.00. The predicted octanol–water partition coefficient (Wildman–Crippen LogP) is 0.336. The first-order valence-corrected chi connectivity index (χ1v) is 6.34. The van der Waals surface area contributed by atoms with E-state index < -0.39 is 10.0 Å². The van der Waals surface area contributed by atoms with Crippen molar-refractivity contribution in [3.8, 4) is 0 Å². The van der Waals surface area contributed by atoms with Gasteiger partial charge < -0.3 is 4.74 Å². The van der Waals surface area contributed by atoms with E-state index >= 15 is 0 Å². The molecule has 0 aromatic carbocycles. The van der Waals surface area contributed by atoms with Gasteiger partial charge in [0.05, 0.1) is 12.4 Å². The van der Waals surface area contributed by atoms with Crippen LogP contribution in [-0.2, 0) is 14.8 Å². The summed E-state index contributed by atoms with van der Waals surface area (Å²) >= 11 is 3.18. The average molecular weight is 260 g/mol. The van der Waals surface area contributed by atoms with Gasteiger partial charge in [-0.1, -0.05) is 15.9 Å². The van der Waals surface area contributed by atoms with Gasteiger partial charge in [0.25, 0.3) is 0 Å². The topological polar surface area (TPSA) is 55.4 Å². The Bertz CT molecular complexity index is 205. The highest BCUT2D eigenvalue weighted by Crippen LogP contribution is 1.93.